The van der Waals surface area contributed by atoms with Crippen LogP contribution < -0.4 is 16.0 Å². The number of halogens is 1. The zero-order chi connectivity index (χ0) is 15.4. The van der Waals surface area contributed by atoms with Crippen LogP contribution in [-0.4, -0.2) is 35.6 Å². The van der Waals surface area contributed by atoms with Crippen molar-refractivity contribution in [2.75, 3.05) is 11.9 Å². The molecule has 1 aromatic carbocycles. The van der Waals surface area contributed by atoms with Crippen LogP contribution in [0.5, 0.6) is 0 Å². The lowest BCUT2D eigenvalue weighted by molar-refractivity contribution is -0.119. The van der Waals surface area contributed by atoms with Crippen molar-refractivity contribution in [2.24, 2.45) is 0 Å². The van der Waals surface area contributed by atoms with Gasteiger partial charge in [0.2, 0.25) is 5.91 Å². The van der Waals surface area contributed by atoms with Gasteiger partial charge in [0, 0.05) is 19.0 Å². The molecule has 8 heteroatoms. The molecule has 1 aliphatic rings. The number of urea groups is 1. The molecule has 1 aromatic rings. The molecule has 0 saturated carbocycles. The van der Waals surface area contributed by atoms with Crippen LogP contribution in [0.15, 0.2) is 18.2 Å². The molecule has 1 fully saturated rings. The second-order valence-electron chi connectivity index (χ2n) is 4.61. The van der Waals surface area contributed by atoms with Gasteiger partial charge >= 0.3 is 12.0 Å². The van der Waals surface area contributed by atoms with Gasteiger partial charge < -0.3 is 21.1 Å². The third-order valence-electron chi connectivity index (χ3n) is 3.07. The fourth-order valence-corrected chi connectivity index (χ4v) is 2.06. The molecular weight excluding hydrogens is 281 g/mol. The third-order valence-corrected chi connectivity index (χ3v) is 3.07. The summed E-state index contributed by atoms with van der Waals surface area (Å²) in [5, 5.41) is 16.4. The molecule has 0 bridgehead atoms. The van der Waals surface area contributed by atoms with E-state index in [4.69, 9.17) is 5.11 Å². The van der Waals surface area contributed by atoms with Crippen LogP contribution in [-0.2, 0) is 4.79 Å². The lowest BCUT2D eigenvalue weighted by Gasteiger charge is -2.13. The Morgan fingerprint density at radius 3 is 2.81 bits per heavy atom. The van der Waals surface area contributed by atoms with Crippen LogP contribution in [0.2, 0.25) is 0 Å². The van der Waals surface area contributed by atoms with Crippen molar-refractivity contribution >= 4 is 23.6 Å². The molecule has 1 unspecified atom stereocenters. The number of hydrogen-bond donors (Lipinski definition) is 4. The average Bonchev–Trinajstić information content (AvgIpc) is 2.82. The molecule has 1 saturated heterocycles. The van der Waals surface area contributed by atoms with Crippen molar-refractivity contribution in [3.63, 3.8) is 0 Å². The Morgan fingerprint density at radius 1 is 1.43 bits per heavy atom. The van der Waals surface area contributed by atoms with Gasteiger partial charge in [-0.1, -0.05) is 6.07 Å². The molecule has 1 heterocycles. The first kappa shape index (κ1) is 14.8. The molecule has 112 valence electrons. The van der Waals surface area contributed by atoms with Crippen LogP contribution in [0, 0.1) is 5.82 Å². The van der Waals surface area contributed by atoms with E-state index in [1.165, 1.54) is 12.1 Å². The van der Waals surface area contributed by atoms with Gasteiger partial charge in [0.15, 0.2) is 0 Å². The SMILES string of the molecule is O=C1CCC(CNC(=O)Nc2cccc(F)c2C(=O)O)N1. The number of aromatic carboxylic acids is 1. The molecule has 1 aliphatic heterocycles. The number of nitrogens with one attached hydrogen (secondary N) is 3. The number of carbonyl (C=O) groups is 3. The lowest BCUT2D eigenvalue weighted by atomic mass is 10.1. The maximum Gasteiger partial charge on any atom is 0.340 e. The van der Waals surface area contributed by atoms with E-state index in [0.717, 1.165) is 6.07 Å². The Morgan fingerprint density at radius 2 is 2.19 bits per heavy atom. The molecule has 0 spiro atoms. The Balaban J connectivity index is 1.95. The molecule has 4 N–H and O–H groups in total. The van der Waals surface area contributed by atoms with E-state index in [-0.39, 0.29) is 24.2 Å². The van der Waals surface area contributed by atoms with Crippen LogP contribution in [0.3, 0.4) is 0 Å². The number of amides is 3. The number of anilines is 1. The number of carboxylic acid groups (broad SMARTS) is 1. The molecule has 0 aromatic heterocycles. The Bertz CT molecular complexity index is 591. The zero-order valence-electron chi connectivity index (χ0n) is 11.0. The highest BCUT2D eigenvalue weighted by molar-refractivity contribution is 6.00. The fourth-order valence-electron chi connectivity index (χ4n) is 2.06. The van der Waals surface area contributed by atoms with Gasteiger partial charge in [-0.2, -0.15) is 0 Å². The lowest BCUT2D eigenvalue weighted by Crippen LogP contribution is -2.40. The monoisotopic (exact) mass is 295 g/mol. The zero-order valence-corrected chi connectivity index (χ0v) is 11.0. The quantitative estimate of drug-likeness (QED) is 0.662. The predicted molar refractivity (Wildman–Crippen MR) is 71.5 cm³/mol. The summed E-state index contributed by atoms with van der Waals surface area (Å²) in [6, 6.07) is 2.79. The summed E-state index contributed by atoms with van der Waals surface area (Å²) in [5.41, 5.74) is -0.725. The summed E-state index contributed by atoms with van der Waals surface area (Å²) in [5.74, 6) is -2.46. The van der Waals surface area contributed by atoms with Crippen molar-refractivity contribution in [1.82, 2.24) is 10.6 Å². The third kappa shape index (κ3) is 3.68. The largest absolute Gasteiger partial charge is 0.478 e. The van der Waals surface area contributed by atoms with Gasteiger partial charge in [0.1, 0.15) is 11.4 Å². The highest BCUT2D eigenvalue weighted by atomic mass is 19.1. The van der Waals surface area contributed by atoms with Gasteiger partial charge in [-0.25, -0.2) is 14.0 Å². The Labute approximate surface area is 119 Å². The van der Waals surface area contributed by atoms with Crippen LogP contribution in [0.25, 0.3) is 0 Å². The van der Waals surface area contributed by atoms with Gasteiger partial charge in [0.05, 0.1) is 5.69 Å². The normalized spacial score (nSPS) is 17.2. The molecule has 1 atom stereocenters. The summed E-state index contributed by atoms with van der Waals surface area (Å²) >= 11 is 0. The van der Waals surface area contributed by atoms with Crippen molar-refractivity contribution in [3.8, 4) is 0 Å². The first-order valence-electron chi connectivity index (χ1n) is 6.33. The average molecular weight is 295 g/mol. The van der Waals surface area contributed by atoms with Crippen molar-refractivity contribution < 1.29 is 23.9 Å². The minimum Gasteiger partial charge on any atom is -0.478 e. The number of carbonyl (C=O) groups excluding carboxylic acids is 2. The summed E-state index contributed by atoms with van der Waals surface area (Å²) in [4.78, 5) is 33.7. The fraction of sp³-hybridized carbons (Fsp3) is 0.308. The number of carboxylic acids is 1. The minimum atomic E-state index is -1.47. The first-order chi connectivity index (χ1) is 9.97. The predicted octanol–water partition coefficient (Wildman–Crippen LogP) is 0.924. The summed E-state index contributed by atoms with van der Waals surface area (Å²) in [6.07, 6.45) is 1.04. The summed E-state index contributed by atoms with van der Waals surface area (Å²) in [6.45, 7) is 0.218. The molecule has 0 aliphatic carbocycles. The molecule has 21 heavy (non-hydrogen) atoms. The van der Waals surface area contributed by atoms with Gasteiger partial charge in [-0.05, 0) is 18.6 Å². The van der Waals surface area contributed by atoms with Crippen LogP contribution in [0.4, 0.5) is 14.9 Å². The summed E-state index contributed by atoms with van der Waals surface area (Å²) < 4.78 is 13.4. The van der Waals surface area contributed by atoms with E-state index in [2.05, 4.69) is 16.0 Å². The highest BCUT2D eigenvalue weighted by Gasteiger charge is 2.21. The van der Waals surface area contributed by atoms with Gasteiger partial charge in [-0.3, -0.25) is 4.79 Å². The van der Waals surface area contributed by atoms with Gasteiger partial charge in [-0.15, -0.1) is 0 Å². The minimum absolute atomic E-state index is 0.0690. The summed E-state index contributed by atoms with van der Waals surface area (Å²) in [7, 11) is 0. The number of rotatable bonds is 4. The van der Waals surface area contributed by atoms with E-state index in [0.29, 0.717) is 12.8 Å². The van der Waals surface area contributed by atoms with E-state index in [9.17, 15) is 18.8 Å². The first-order valence-corrected chi connectivity index (χ1v) is 6.33. The smallest absolute Gasteiger partial charge is 0.340 e. The van der Waals surface area contributed by atoms with Crippen molar-refractivity contribution in [2.45, 2.75) is 18.9 Å². The van der Waals surface area contributed by atoms with Gasteiger partial charge in [0.25, 0.3) is 0 Å². The molecule has 2 rings (SSSR count). The van der Waals surface area contributed by atoms with E-state index in [1.807, 2.05) is 0 Å². The van der Waals surface area contributed by atoms with Crippen molar-refractivity contribution in [3.05, 3.63) is 29.6 Å². The van der Waals surface area contributed by atoms with E-state index < -0.39 is 23.4 Å². The molecule has 0 radical (unpaired) electrons. The number of hydrogen-bond acceptors (Lipinski definition) is 3. The number of benzene rings is 1. The second kappa shape index (κ2) is 6.21. The molecule has 3 amide bonds. The maximum absolute atomic E-state index is 13.4. The Hall–Kier alpha value is -2.64. The van der Waals surface area contributed by atoms with Crippen LogP contribution >= 0.6 is 0 Å². The second-order valence-corrected chi connectivity index (χ2v) is 4.61. The van der Waals surface area contributed by atoms with Crippen molar-refractivity contribution in [1.29, 1.82) is 0 Å². The molecule has 7 nitrogen and oxygen atoms in total. The van der Waals surface area contributed by atoms with E-state index in [1.54, 1.807) is 0 Å². The Kier molecular flexibility index (Phi) is 4.36. The standard InChI is InChI=1S/C13H14FN3O4/c14-8-2-1-3-9(11(8)12(19)20)17-13(21)15-6-7-4-5-10(18)16-7/h1-3,7H,4-6H2,(H,16,18)(H,19,20)(H2,15,17,21). The topological polar surface area (TPSA) is 108 Å². The molecular formula is C13H14FN3O4. The van der Waals surface area contributed by atoms with E-state index >= 15 is 0 Å². The maximum atomic E-state index is 13.4. The van der Waals surface area contributed by atoms with Crippen LogP contribution in [0.1, 0.15) is 23.2 Å². The highest BCUT2D eigenvalue weighted by Crippen LogP contribution is 2.18.